The molecule has 2 unspecified atom stereocenters. The summed E-state index contributed by atoms with van der Waals surface area (Å²) in [5.74, 6) is -1.82. The van der Waals surface area contributed by atoms with Crippen LogP contribution in [0.3, 0.4) is 0 Å². The second kappa shape index (κ2) is 9.55. The first-order valence-corrected chi connectivity index (χ1v) is 11.0. The normalized spacial score (nSPS) is 17.4. The summed E-state index contributed by atoms with van der Waals surface area (Å²) in [6.07, 6.45) is 5.96. The number of aromatic amines is 1. The average Bonchev–Trinajstić information content (AvgIpc) is 3.35. The van der Waals surface area contributed by atoms with E-state index in [0.717, 1.165) is 35.7 Å². The smallest absolute Gasteiger partial charge is 0.326 e. The van der Waals surface area contributed by atoms with Gasteiger partial charge in [0.15, 0.2) is 0 Å². The number of aliphatic carboxylic acids is 1. The molecule has 2 aromatic rings. The fourth-order valence-electron chi connectivity index (χ4n) is 4.13. The molecule has 2 atom stereocenters. The zero-order valence-corrected chi connectivity index (χ0v) is 18.0. The first kappa shape index (κ1) is 22.2. The molecule has 1 aromatic heterocycles. The van der Waals surface area contributed by atoms with Crippen molar-refractivity contribution in [2.45, 2.75) is 68.7 Å². The number of fused-ring (bicyclic) bond motifs is 1. The molecule has 30 heavy (non-hydrogen) atoms. The van der Waals surface area contributed by atoms with Crippen LogP contribution in [0.25, 0.3) is 10.9 Å². The predicted molar refractivity (Wildman–Crippen MR) is 119 cm³/mol. The Hall–Kier alpha value is -2.48. The van der Waals surface area contributed by atoms with Crippen LogP contribution in [0.15, 0.2) is 30.5 Å². The summed E-state index contributed by atoms with van der Waals surface area (Å²) in [4.78, 5) is 40.7. The molecular formula is C22H29N3O4S. The number of hydrogen-bond donors (Lipinski definition) is 5. The van der Waals surface area contributed by atoms with Gasteiger partial charge in [0.1, 0.15) is 11.6 Å². The van der Waals surface area contributed by atoms with Crippen molar-refractivity contribution in [3.05, 3.63) is 36.0 Å². The number of nitrogens with one attached hydrogen (secondary N) is 3. The van der Waals surface area contributed by atoms with E-state index in [1.807, 2.05) is 31.2 Å². The van der Waals surface area contributed by atoms with E-state index in [0.29, 0.717) is 19.3 Å². The molecule has 0 aliphatic heterocycles. The van der Waals surface area contributed by atoms with Crippen LogP contribution in [-0.4, -0.2) is 44.7 Å². The standard InChI is InChI=1S/C22H29N3O4S/c1-2-7-18(30)19(26)25-22(10-5-6-11-22)21(29)24-17(20(27)28)12-14-13-23-16-9-4-3-8-15(14)16/h3-4,8-9,13,17-18,23,30H,2,5-7,10-12H2,1H3,(H,24,29)(H,25,26)(H,27,28). The second-order valence-electron chi connectivity index (χ2n) is 8.01. The number of H-pyrrole nitrogens is 1. The van der Waals surface area contributed by atoms with Crippen LogP contribution in [0.1, 0.15) is 51.0 Å². The molecule has 2 amide bonds. The minimum Gasteiger partial charge on any atom is -0.480 e. The quantitative estimate of drug-likeness (QED) is 0.393. The van der Waals surface area contributed by atoms with Gasteiger partial charge in [0.05, 0.1) is 5.25 Å². The number of hydrogen-bond acceptors (Lipinski definition) is 4. The lowest BCUT2D eigenvalue weighted by molar-refractivity contribution is -0.143. The van der Waals surface area contributed by atoms with Crippen molar-refractivity contribution in [2.24, 2.45) is 0 Å². The van der Waals surface area contributed by atoms with Gasteiger partial charge < -0.3 is 20.7 Å². The van der Waals surface area contributed by atoms with Crippen LogP contribution in [0, 0.1) is 0 Å². The highest BCUT2D eigenvalue weighted by Crippen LogP contribution is 2.31. The van der Waals surface area contributed by atoms with Gasteiger partial charge in [-0.15, -0.1) is 0 Å². The van der Waals surface area contributed by atoms with Crippen LogP contribution in [-0.2, 0) is 20.8 Å². The van der Waals surface area contributed by atoms with Crippen molar-refractivity contribution in [1.29, 1.82) is 0 Å². The number of carboxylic acid groups (broad SMARTS) is 1. The number of aromatic nitrogens is 1. The van der Waals surface area contributed by atoms with Crippen LogP contribution >= 0.6 is 12.6 Å². The summed E-state index contributed by atoms with van der Waals surface area (Å²) in [6, 6.07) is 6.54. The van der Waals surface area contributed by atoms with Crippen molar-refractivity contribution in [1.82, 2.24) is 15.6 Å². The third kappa shape index (κ3) is 4.80. The van der Waals surface area contributed by atoms with E-state index in [-0.39, 0.29) is 12.3 Å². The van der Waals surface area contributed by atoms with Crippen molar-refractivity contribution in [3.8, 4) is 0 Å². The monoisotopic (exact) mass is 431 g/mol. The Kier molecular flexibility index (Phi) is 7.07. The first-order chi connectivity index (χ1) is 14.4. The number of carbonyl (C=O) groups excluding carboxylic acids is 2. The molecule has 4 N–H and O–H groups in total. The number of thiol groups is 1. The van der Waals surface area contributed by atoms with Crippen molar-refractivity contribution in [3.63, 3.8) is 0 Å². The van der Waals surface area contributed by atoms with Crippen molar-refractivity contribution < 1.29 is 19.5 Å². The van der Waals surface area contributed by atoms with Gasteiger partial charge in [-0.05, 0) is 30.9 Å². The van der Waals surface area contributed by atoms with Crippen LogP contribution in [0.2, 0.25) is 0 Å². The van der Waals surface area contributed by atoms with E-state index in [4.69, 9.17) is 0 Å². The number of rotatable bonds is 9. The maximum absolute atomic E-state index is 13.2. The van der Waals surface area contributed by atoms with Gasteiger partial charge in [-0.1, -0.05) is 44.4 Å². The Morgan fingerprint density at radius 1 is 1.23 bits per heavy atom. The zero-order chi connectivity index (χ0) is 21.7. The highest BCUT2D eigenvalue weighted by atomic mass is 32.1. The average molecular weight is 432 g/mol. The zero-order valence-electron chi connectivity index (χ0n) is 17.1. The Morgan fingerprint density at radius 2 is 1.93 bits per heavy atom. The largest absolute Gasteiger partial charge is 0.480 e. The van der Waals surface area contributed by atoms with Crippen molar-refractivity contribution >= 4 is 41.3 Å². The van der Waals surface area contributed by atoms with E-state index < -0.39 is 28.7 Å². The molecule has 7 nitrogen and oxygen atoms in total. The van der Waals surface area contributed by atoms with Gasteiger partial charge in [0, 0.05) is 23.5 Å². The van der Waals surface area contributed by atoms with Gasteiger partial charge in [-0.2, -0.15) is 12.6 Å². The van der Waals surface area contributed by atoms with E-state index in [2.05, 4.69) is 28.2 Å². The number of carboxylic acids is 1. The van der Waals surface area contributed by atoms with Crippen molar-refractivity contribution in [2.75, 3.05) is 0 Å². The molecular weight excluding hydrogens is 402 g/mol. The Morgan fingerprint density at radius 3 is 2.60 bits per heavy atom. The molecule has 0 saturated heterocycles. The lowest BCUT2D eigenvalue weighted by Gasteiger charge is -2.31. The molecule has 1 heterocycles. The number of amides is 2. The molecule has 162 valence electrons. The van der Waals surface area contributed by atoms with E-state index in [9.17, 15) is 19.5 Å². The highest BCUT2D eigenvalue weighted by Gasteiger charge is 2.44. The van der Waals surface area contributed by atoms with Gasteiger partial charge in [0.2, 0.25) is 11.8 Å². The molecule has 1 aliphatic carbocycles. The van der Waals surface area contributed by atoms with Crippen LogP contribution in [0.4, 0.5) is 0 Å². The summed E-state index contributed by atoms with van der Waals surface area (Å²) in [7, 11) is 0. The Bertz CT molecular complexity index is 920. The van der Waals surface area contributed by atoms with Gasteiger partial charge in [-0.25, -0.2) is 4.79 Å². The summed E-state index contributed by atoms with van der Waals surface area (Å²) in [6.45, 7) is 1.97. The maximum atomic E-state index is 13.2. The third-order valence-electron chi connectivity index (χ3n) is 5.82. The van der Waals surface area contributed by atoms with Crippen LogP contribution < -0.4 is 10.6 Å². The number of carbonyl (C=O) groups is 3. The maximum Gasteiger partial charge on any atom is 0.326 e. The lowest BCUT2D eigenvalue weighted by atomic mass is 9.94. The topological polar surface area (TPSA) is 111 Å². The molecule has 1 fully saturated rings. The molecule has 1 saturated carbocycles. The molecule has 0 bridgehead atoms. The number of para-hydroxylation sites is 1. The van der Waals surface area contributed by atoms with Gasteiger partial charge in [-0.3, -0.25) is 9.59 Å². The first-order valence-electron chi connectivity index (χ1n) is 10.4. The fraction of sp³-hybridized carbons (Fsp3) is 0.500. The summed E-state index contributed by atoms with van der Waals surface area (Å²) >= 11 is 4.34. The Labute approximate surface area is 181 Å². The summed E-state index contributed by atoms with van der Waals surface area (Å²) in [5.41, 5.74) is 0.666. The predicted octanol–water partition coefficient (Wildman–Crippen LogP) is 2.81. The molecule has 1 aliphatic rings. The molecule has 1 aromatic carbocycles. The fourth-order valence-corrected chi connectivity index (χ4v) is 4.45. The molecule has 8 heteroatoms. The minimum absolute atomic E-state index is 0.153. The van der Waals surface area contributed by atoms with Gasteiger partial charge >= 0.3 is 5.97 Å². The van der Waals surface area contributed by atoms with Gasteiger partial charge in [0.25, 0.3) is 0 Å². The lowest BCUT2D eigenvalue weighted by Crippen LogP contribution is -2.61. The molecule has 0 spiro atoms. The van der Waals surface area contributed by atoms with Crippen LogP contribution in [0.5, 0.6) is 0 Å². The van der Waals surface area contributed by atoms with E-state index >= 15 is 0 Å². The highest BCUT2D eigenvalue weighted by molar-refractivity contribution is 7.81. The van der Waals surface area contributed by atoms with E-state index in [1.54, 1.807) is 6.20 Å². The molecule has 3 rings (SSSR count). The molecule has 0 radical (unpaired) electrons. The summed E-state index contributed by atoms with van der Waals surface area (Å²) in [5, 5.41) is 15.8. The summed E-state index contributed by atoms with van der Waals surface area (Å²) < 4.78 is 0. The third-order valence-corrected chi connectivity index (χ3v) is 6.31. The Balaban J connectivity index is 1.75. The van der Waals surface area contributed by atoms with E-state index in [1.165, 1.54) is 0 Å². The number of benzene rings is 1. The SMILES string of the molecule is CCCC(S)C(=O)NC1(C(=O)NC(Cc2c[nH]c3ccccc23)C(=O)O)CCCC1. The minimum atomic E-state index is -1.11. The second-order valence-corrected chi connectivity index (χ2v) is 8.63.